The second kappa shape index (κ2) is 4.72. The molecule has 0 radical (unpaired) electrons. The summed E-state index contributed by atoms with van der Waals surface area (Å²) in [5.74, 6) is 0.196. The summed E-state index contributed by atoms with van der Waals surface area (Å²) in [4.78, 5) is 14.0. The van der Waals surface area contributed by atoms with Gasteiger partial charge in [-0.2, -0.15) is 0 Å². The van der Waals surface area contributed by atoms with Gasteiger partial charge in [-0.15, -0.1) is 0 Å². The summed E-state index contributed by atoms with van der Waals surface area (Å²) in [7, 11) is 0. The highest BCUT2D eigenvalue weighted by Crippen LogP contribution is 2.43. The van der Waals surface area contributed by atoms with Crippen molar-refractivity contribution in [1.82, 2.24) is 4.90 Å². The van der Waals surface area contributed by atoms with Crippen molar-refractivity contribution in [1.29, 1.82) is 0 Å². The molecule has 2 saturated carbocycles. The van der Waals surface area contributed by atoms with Gasteiger partial charge in [-0.25, -0.2) is 0 Å². The smallest absolute Gasteiger partial charge is 0.223 e. The Morgan fingerprint density at radius 1 is 1.44 bits per heavy atom. The second-order valence-corrected chi connectivity index (χ2v) is 5.28. The Bertz CT molecular complexity index is 254. The zero-order valence-corrected chi connectivity index (χ0v) is 9.82. The van der Waals surface area contributed by atoms with E-state index in [9.17, 15) is 4.79 Å². The van der Waals surface area contributed by atoms with E-state index in [0.29, 0.717) is 25.6 Å². The SMILES string of the molecule is NCC1(CC(=O)N(CCO)C2CC2)CCC1. The van der Waals surface area contributed by atoms with E-state index in [0.717, 1.165) is 25.7 Å². The van der Waals surface area contributed by atoms with Crippen LogP contribution >= 0.6 is 0 Å². The van der Waals surface area contributed by atoms with Gasteiger partial charge in [-0.3, -0.25) is 4.79 Å². The van der Waals surface area contributed by atoms with E-state index in [-0.39, 0.29) is 17.9 Å². The van der Waals surface area contributed by atoms with Crippen LogP contribution in [0.5, 0.6) is 0 Å². The molecule has 2 aliphatic carbocycles. The zero-order chi connectivity index (χ0) is 11.6. The third-order valence-corrected chi connectivity index (χ3v) is 4.02. The Morgan fingerprint density at radius 2 is 2.12 bits per heavy atom. The molecule has 2 aliphatic rings. The lowest BCUT2D eigenvalue weighted by atomic mass is 9.66. The fraction of sp³-hybridized carbons (Fsp3) is 0.917. The van der Waals surface area contributed by atoms with Crippen LogP contribution in [-0.4, -0.2) is 41.7 Å². The van der Waals surface area contributed by atoms with Crippen LogP contribution < -0.4 is 5.73 Å². The molecule has 2 rings (SSSR count). The lowest BCUT2D eigenvalue weighted by molar-refractivity contribution is -0.136. The highest BCUT2D eigenvalue weighted by Gasteiger charge is 2.41. The Labute approximate surface area is 96.8 Å². The number of nitrogens with two attached hydrogens (primary N) is 1. The molecule has 0 aromatic rings. The molecule has 0 unspecified atom stereocenters. The number of aliphatic hydroxyl groups is 1. The predicted octanol–water partition coefficient (Wildman–Crippen LogP) is 0.489. The van der Waals surface area contributed by atoms with Crippen LogP contribution in [0, 0.1) is 5.41 Å². The number of carbonyl (C=O) groups is 1. The summed E-state index contributed by atoms with van der Waals surface area (Å²) < 4.78 is 0. The van der Waals surface area contributed by atoms with Crippen LogP contribution in [0.1, 0.15) is 38.5 Å². The van der Waals surface area contributed by atoms with Crippen LogP contribution in [-0.2, 0) is 4.79 Å². The van der Waals surface area contributed by atoms with Crippen LogP contribution in [0.3, 0.4) is 0 Å². The third kappa shape index (κ3) is 2.38. The Kier molecular flexibility index (Phi) is 3.50. The maximum atomic E-state index is 12.1. The molecule has 2 fully saturated rings. The van der Waals surface area contributed by atoms with Gasteiger partial charge in [0.25, 0.3) is 0 Å². The van der Waals surface area contributed by atoms with Gasteiger partial charge >= 0.3 is 0 Å². The van der Waals surface area contributed by atoms with E-state index in [2.05, 4.69) is 0 Å². The van der Waals surface area contributed by atoms with Gasteiger partial charge in [-0.1, -0.05) is 6.42 Å². The lowest BCUT2D eigenvalue weighted by Gasteiger charge is -2.41. The quantitative estimate of drug-likeness (QED) is 0.692. The van der Waals surface area contributed by atoms with Gasteiger partial charge in [-0.05, 0) is 37.6 Å². The van der Waals surface area contributed by atoms with Gasteiger partial charge < -0.3 is 15.7 Å². The molecule has 0 aromatic heterocycles. The number of rotatable bonds is 6. The molecule has 92 valence electrons. The first kappa shape index (κ1) is 11.9. The monoisotopic (exact) mass is 226 g/mol. The number of hydrogen-bond donors (Lipinski definition) is 2. The molecule has 1 amide bonds. The highest BCUT2D eigenvalue weighted by molar-refractivity contribution is 5.77. The fourth-order valence-electron chi connectivity index (χ4n) is 2.56. The molecule has 0 saturated heterocycles. The Balaban J connectivity index is 1.89. The summed E-state index contributed by atoms with van der Waals surface area (Å²) in [6, 6.07) is 0.398. The summed E-state index contributed by atoms with van der Waals surface area (Å²) in [6.45, 7) is 1.18. The van der Waals surface area contributed by atoms with Crippen LogP contribution in [0.25, 0.3) is 0 Å². The number of aliphatic hydroxyl groups excluding tert-OH is 1. The average Bonchev–Trinajstić information content (AvgIpc) is 3.03. The summed E-state index contributed by atoms with van der Waals surface area (Å²) >= 11 is 0. The molecule has 16 heavy (non-hydrogen) atoms. The number of amides is 1. The van der Waals surface area contributed by atoms with E-state index in [1.54, 1.807) is 0 Å². The van der Waals surface area contributed by atoms with Gasteiger partial charge in [0, 0.05) is 19.0 Å². The van der Waals surface area contributed by atoms with Crippen molar-refractivity contribution in [3.8, 4) is 0 Å². The maximum absolute atomic E-state index is 12.1. The van der Waals surface area contributed by atoms with Crippen LogP contribution in [0.15, 0.2) is 0 Å². The molecule has 3 N–H and O–H groups in total. The lowest BCUT2D eigenvalue weighted by Crippen LogP contribution is -2.44. The minimum Gasteiger partial charge on any atom is -0.395 e. The summed E-state index contributed by atoms with van der Waals surface area (Å²) in [6.07, 6.45) is 6.16. The van der Waals surface area contributed by atoms with E-state index in [4.69, 9.17) is 10.8 Å². The normalized spacial score (nSPS) is 22.6. The van der Waals surface area contributed by atoms with Gasteiger partial charge in [0.05, 0.1) is 6.61 Å². The Morgan fingerprint density at radius 3 is 2.50 bits per heavy atom. The molecule has 0 aromatic carbocycles. The molecule has 4 heteroatoms. The van der Waals surface area contributed by atoms with E-state index in [1.807, 2.05) is 4.90 Å². The van der Waals surface area contributed by atoms with Crippen molar-refractivity contribution in [2.45, 2.75) is 44.6 Å². The summed E-state index contributed by atoms with van der Waals surface area (Å²) in [5, 5.41) is 8.97. The largest absolute Gasteiger partial charge is 0.395 e. The van der Waals surface area contributed by atoms with Gasteiger partial charge in [0.2, 0.25) is 5.91 Å². The molecular weight excluding hydrogens is 204 g/mol. The van der Waals surface area contributed by atoms with Crippen molar-refractivity contribution in [3.63, 3.8) is 0 Å². The van der Waals surface area contributed by atoms with Crippen LogP contribution in [0.2, 0.25) is 0 Å². The van der Waals surface area contributed by atoms with E-state index >= 15 is 0 Å². The number of hydrogen-bond acceptors (Lipinski definition) is 3. The number of carbonyl (C=O) groups excluding carboxylic acids is 1. The molecule has 0 aliphatic heterocycles. The van der Waals surface area contributed by atoms with E-state index in [1.165, 1.54) is 6.42 Å². The van der Waals surface area contributed by atoms with Gasteiger partial charge in [0.15, 0.2) is 0 Å². The minimum absolute atomic E-state index is 0.0673. The predicted molar refractivity (Wildman–Crippen MR) is 61.8 cm³/mol. The van der Waals surface area contributed by atoms with Gasteiger partial charge in [0.1, 0.15) is 0 Å². The zero-order valence-electron chi connectivity index (χ0n) is 9.82. The average molecular weight is 226 g/mol. The molecule has 0 heterocycles. The highest BCUT2D eigenvalue weighted by atomic mass is 16.3. The van der Waals surface area contributed by atoms with Crippen molar-refractivity contribution >= 4 is 5.91 Å². The molecule has 0 spiro atoms. The molecule has 4 nitrogen and oxygen atoms in total. The number of nitrogens with zero attached hydrogens (tertiary/aromatic N) is 1. The first-order chi connectivity index (χ1) is 7.71. The first-order valence-electron chi connectivity index (χ1n) is 6.31. The second-order valence-electron chi connectivity index (χ2n) is 5.28. The van der Waals surface area contributed by atoms with Crippen LogP contribution in [0.4, 0.5) is 0 Å². The van der Waals surface area contributed by atoms with Crippen molar-refractivity contribution in [2.24, 2.45) is 11.1 Å². The third-order valence-electron chi connectivity index (χ3n) is 4.02. The van der Waals surface area contributed by atoms with Crippen molar-refractivity contribution < 1.29 is 9.90 Å². The maximum Gasteiger partial charge on any atom is 0.223 e. The molecule has 0 atom stereocenters. The van der Waals surface area contributed by atoms with Crippen molar-refractivity contribution in [3.05, 3.63) is 0 Å². The summed E-state index contributed by atoms with van der Waals surface area (Å²) in [5.41, 5.74) is 5.85. The topological polar surface area (TPSA) is 66.6 Å². The standard InChI is InChI=1S/C12H22N2O2/c13-9-12(4-1-5-12)8-11(16)14(6-7-15)10-2-3-10/h10,15H,1-9,13H2. The molecular formula is C12H22N2O2. The minimum atomic E-state index is 0.0673. The van der Waals surface area contributed by atoms with E-state index < -0.39 is 0 Å². The van der Waals surface area contributed by atoms with Crippen molar-refractivity contribution in [2.75, 3.05) is 19.7 Å². The Hall–Kier alpha value is -0.610. The fourth-order valence-corrected chi connectivity index (χ4v) is 2.56. The molecule has 0 bridgehead atoms. The first-order valence-corrected chi connectivity index (χ1v) is 6.31.